The summed E-state index contributed by atoms with van der Waals surface area (Å²) < 4.78 is 5.02. The van der Waals surface area contributed by atoms with Crippen LogP contribution in [0.2, 0.25) is 0 Å². The first-order valence-electron chi connectivity index (χ1n) is 6.21. The zero-order valence-electron chi connectivity index (χ0n) is 10.7. The maximum Gasteiger partial charge on any atom is 0.320 e. The Morgan fingerprint density at radius 3 is 2.88 bits per heavy atom. The van der Waals surface area contributed by atoms with Crippen LogP contribution in [0.4, 0.5) is 4.79 Å². The van der Waals surface area contributed by atoms with E-state index in [4.69, 9.17) is 4.74 Å². The molecule has 4 heteroatoms. The molecule has 0 spiro atoms. The lowest BCUT2D eigenvalue weighted by Crippen LogP contribution is -2.48. The van der Waals surface area contributed by atoms with Crippen LogP contribution >= 0.6 is 0 Å². The highest BCUT2D eigenvalue weighted by molar-refractivity contribution is 5.74. The van der Waals surface area contributed by atoms with Crippen molar-refractivity contribution >= 4 is 6.03 Å². The van der Waals surface area contributed by atoms with Gasteiger partial charge in [0.15, 0.2) is 0 Å². The first-order valence-corrected chi connectivity index (χ1v) is 6.21. The maximum absolute atomic E-state index is 12.2. The molecular weight excluding hydrogens is 204 g/mol. The fourth-order valence-electron chi connectivity index (χ4n) is 2.15. The van der Waals surface area contributed by atoms with Gasteiger partial charge in [-0.3, -0.25) is 0 Å². The minimum absolute atomic E-state index is 0.172. The molecule has 1 aliphatic rings. The standard InChI is InChI=1S/C12H24N2O2/c1-4-13(8-9-16-3)12(15)14-7-5-6-11(2)10-14/h11H,4-10H2,1-3H3. The third-order valence-electron chi connectivity index (χ3n) is 3.15. The second-order valence-electron chi connectivity index (χ2n) is 4.55. The van der Waals surface area contributed by atoms with Gasteiger partial charge in [0, 0.05) is 33.3 Å². The number of amides is 2. The smallest absolute Gasteiger partial charge is 0.320 e. The Morgan fingerprint density at radius 1 is 1.56 bits per heavy atom. The highest BCUT2D eigenvalue weighted by atomic mass is 16.5. The number of urea groups is 1. The molecule has 0 aromatic carbocycles. The normalized spacial score (nSPS) is 20.9. The minimum Gasteiger partial charge on any atom is -0.383 e. The van der Waals surface area contributed by atoms with Crippen molar-refractivity contribution in [3.8, 4) is 0 Å². The Hall–Kier alpha value is -0.770. The monoisotopic (exact) mass is 228 g/mol. The van der Waals surface area contributed by atoms with E-state index in [1.54, 1.807) is 7.11 Å². The fourth-order valence-corrected chi connectivity index (χ4v) is 2.15. The van der Waals surface area contributed by atoms with Crippen LogP contribution in [0.25, 0.3) is 0 Å². The molecule has 0 aromatic rings. The Balaban J connectivity index is 2.46. The van der Waals surface area contributed by atoms with Crippen LogP contribution < -0.4 is 0 Å². The number of rotatable bonds is 4. The molecule has 1 rings (SSSR count). The lowest BCUT2D eigenvalue weighted by atomic mass is 10.0. The average molecular weight is 228 g/mol. The molecule has 0 aromatic heterocycles. The molecule has 0 aliphatic carbocycles. The van der Waals surface area contributed by atoms with Gasteiger partial charge in [0.25, 0.3) is 0 Å². The van der Waals surface area contributed by atoms with Crippen molar-refractivity contribution in [3.63, 3.8) is 0 Å². The van der Waals surface area contributed by atoms with Gasteiger partial charge < -0.3 is 14.5 Å². The summed E-state index contributed by atoms with van der Waals surface area (Å²) in [5.41, 5.74) is 0. The van der Waals surface area contributed by atoms with Gasteiger partial charge in [0.05, 0.1) is 6.61 Å². The SMILES string of the molecule is CCN(CCOC)C(=O)N1CCCC(C)C1. The molecule has 0 saturated carbocycles. The maximum atomic E-state index is 12.2. The summed E-state index contributed by atoms with van der Waals surface area (Å²) in [5.74, 6) is 0.638. The minimum atomic E-state index is 0.172. The second kappa shape index (κ2) is 6.74. The highest BCUT2D eigenvalue weighted by Crippen LogP contribution is 2.16. The van der Waals surface area contributed by atoms with E-state index in [0.29, 0.717) is 19.1 Å². The van der Waals surface area contributed by atoms with E-state index in [-0.39, 0.29) is 6.03 Å². The number of ether oxygens (including phenoxy) is 1. The molecule has 0 N–H and O–H groups in total. The van der Waals surface area contributed by atoms with Gasteiger partial charge in [-0.1, -0.05) is 6.92 Å². The van der Waals surface area contributed by atoms with E-state index in [1.807, 2.05) is 16.7 Å². The first kappa shape index (κ1) is 13.3. The predicted octanol–water partition coefficient (Wildman–Crippen LogP) is 1.81. The predicted molar refractivity (Wildman–Crippen MR) is 64.5 cm³/mol. The Morgan fingerprint density at radius 2 is 2.31 bits per heavy atom. The van der Waals surface area contributed by atoms with Crippen LogP contribution in [0, 0.1) is 5.92 Å². The third-order valence-corrected chi connectivity index (χ3v) is 3.15. The van der Waals surface area contributed by atoms with Crippen LogP contribution in [-0.2, 0) is 4.74 Å². The molecule has 2 amide bonds. The number of likely N-dealkylation sites (N-methyl/N-ethyl adjacent to an activating group) is 1. The van der Waals surface area contributed by atoms with E-state index in [1.165, 1.54) is 6.42 Å². The molecule has 1 atom stereocenters. The van der Waals surface area contributed by atoms with Crippen LogP contribution in [-0.4, -0.2) is 55.7 Å². The highest BCUT2D eigenvalue weighted by Gasteiger charge is 2.24. The molecule has 0 bridgehead atoms. The third kappa shape index (κ3) is 3.67. The summed E-state index contributed by atoms with van der Waals surface area (Å²) in [6.45, 7) is 8.10. The van der Waals surface area contributed by atoms with Crippen molar-refractivity contribution in [2.75, 3.05) is 39.9 Å². The lowest BCUT2D eigenvalue weighted by Gasteiger charge is -2.35. The zero-order chi connectivity index (χ0) is 12.0. The fraction of sp³-hybridized carbons (Fsp3) is 0.917. The molecule has 4 nitrogen and oxygen atoms in total. The summed E-state index contributed by atoms with van der Waals surface area (Å²) >= 11 is 0. The molecule has 0 radical (unpaired) electrons. The van der Waals surface area contributed by atoms with Crippen LogP contribution in [0.15, 0.2) is 0 Å². The van der Waals surface area contributed by atoms with Gasteiger partial charge in [-0.05, 0) is 25.7 Å². The molecule has 1 fully saturated rings. The van der Waals surface area contributed by atoms with Gasteiger partial charge in [-0.25, -0.2) is 4.79 Å². The van der Waals surface area contributed by atoms with E-state index in [0.717, 1.165) is 26.1 Å². The number of piperidine rings is 1. The van der Waals surface area contributed by atoms with Crippen molar-refractivity contribution in [2.45, 2.75) is 26.7 Å². The zero-order valence-corrected chi connectivity index (χ0v) is 10.7. The Labute approximate surface area is 98.5 Å². The molecule has 94 valence electrons. The molecule has 1 saturated heterocycles. The van der Waals surface area contributed by atoms with E-state index >= 15 is 0 Å². The number of hydrogen-bond donors (Lipinski definition) is 0. The summed E-state index contributed by atoms with van der Waals surface area (Å²) in [4.78, 5) is 16.0. The van der Waals surface area contributed by atoms with Crippen molar-refractivity contribution in [1.29, 1.82) is 0 Å². The summed E-state index contributed by atoms with van der Waals surface area (Å²) in [6, 6.07) is 0.172. The molecule has 16 heavy (non-hydrogen) atoms. The summed E-state index contributed by atoms with van der Waals surface area (Å²) in [6.07, 6.45) is 2.38. The van der Waals surface area contributed by atoms with E-state index < -0.39 is 0 Å². The van der Waals surface area contributed by atoms with Gasteiger partial charge in [0.2, 0.25) is 0 Å². The van der Waals surface area contributed by atoms with Crippen molar-refractivity contribution in [1.82, 2.24) is 9.80 Å². The van der Waals surface area contributed by atoms with Gasteiger partial charge in [0.1, 0.15) is 0 Å². The number of methoxy groups -OCH3 is 1. The molecule has 1 aliphatic heterocycles. The summed E-state index contributed by atoms with van der Waals surface area (Å²) in [7, 11) is 1.67. The van der Waals surface area contributed by atoms with E-state index in [2.05, 4.69) is 6.92 Å². The number of nitrogens with zero attached hydrogens (tertiary/aromatic N) is 2. The average Bonchev–Trinajstić information content (AvgIpc) is 2.29. The molecule has 1 unspecified atom stereocenters. The largest absolute Gasteiger partial charge is 0.383 e. The van der Waals surface area contributed by atoms with Gasteiger partial charge >= 0.3 is 6.03 Å². The van der Waals surface area contributed by atoms with Crippen LogP contribution in [0.1, 0.15) is 26.7 Å². The van der Waals surface area contributed by atoms with E-state index in [9.17, 15) is 4.79 Å². The second-order valence-corrected chi connectivity index (χ2v) is 4.55. The van der Waals surface area contributed by atoms with Crippen LogP contribution in [0.5, 0.6) is 0 Å². The Kier molecular flexibility index (Phi) is 5.60. The van der Waals surface area contributed by atoms with Gasteiger partial charge in [-0.15, -0.1) is 0 Å². The topological polar surface area (TPSA) is 32.8 Å². The van der Waals surface area contributed by atoms with Gasteiger partial charge in [-0.2, -0.15) is 0 Å². The summed E-state index contributed by atoms with van der Waals surface area (Å²) in [5, 5.41) is 0. The number of carbonyl (C=O) groups is 1. The van der Waals surface area contributed by atoms with Crippen molar-refractivity contribution in [3.05, 3.63) is 0 Å². The van der Waals surface area contributed by atoms with Crippen LogP contribution in [0.3, 0.4) is 0 Å². The molecular formula is C12H24N2O2. The lowest BCUT2D eigenvalue weighted by molar-refractivity contribution is 0.114. The number of likely N-dealkylation sites (tertiary alicyclic amines) is 1. The first-order chi connectivity index (χ1) is 7.69. The number of carbonyl (C=O) groups excluding carboxylic acids is 1. The quantitative estimate of drug-likeness (QED) is 0.735. The van der Waals surface area contributed by atoms with Crippen molar-refractivity contribution < 1.29 is 9.53 Å². The number of hydrogen-bond acceptors (Lipinski definition) is 2. The molecule has 1 heterocycles. The Bertz CT molecular complexity index is 221. The van der Waals surface area contributed by atoms with Crippen molar-refractivity contribution in [2.24, 2.45) is 5.92 Å².